The number of nitrogens with one attached hydrogen (secondary N) is 1. The predicted molar refractivity (Wildman–Crippen MR) is 80.2 cm³/mol. The second-order valence-electron chi connectivity index (χ2n) is 4.61. The van der Waals surface area contributed by atoms with E-state index < -0.39 is 23.4 Å². The van der Waals surface area contributed by atoms with Crippen LogP contribution in [0.15, 0.2) is 34.9 Å². The minimum atomic E-state index is -0.722. The van der Waals surface area contributed by atoms with Crippen LogP contribution in [0.4, 0.5) is 11.4 Å². The van der Waals surface area contributed by atoms with Gasteiger partial charge >= 0.3 is 5.97 Å². The third-order valence-corrected chi connectivity index (χ3v) is 3.02. The van der Waals surface area contributed by atoms with E-state index in [9.17, 15) is 19.7 Å². The van der Waals surface area contributed by atoms with Crippen molar-refractivity contribution in [3.63, 3.8) is 0 Å². The third kappa shape index (κ3) is 3.75. The third-order valence-electron chi connectivity index (χ3n) is 3.02. The fourth-order valence-electron chi connectivity index (χ4n) is 1.84. The van der Waals surface area contributed by atoms with Gasteiger partial charge in [-0.1, -0.05) is 0 Å². The fraction of sp³-hybridized carbons (Fsp3) is 0.133. The summed E-state index contributed by atoms with van der Waals surface area (Å²) >= 11 is 0. The number of carbonyl (C=O) groups is 2. The number of nitrogens with zero attached hydrogens (tertiary/aromatic N) is 2. The molecular formula is C15H11N3O6. The number of nitriles is 1. The smallest absolute Gasteiger partial charge is 0.342 e. The van der Waals surface area contributed by atoms with Crippen LogP contribution in [0.2, 0.25) is 0 Å². The molecule has 0 aliphatic carbocycles. The van der Waals surface area contributed by atoms with E-state index >= 15 is 0 Å². The van der Waals surface area contributed by atoms with Crippen LogP contribution in [0.25, 0.3) is 0 Å². The van der Waals surface area contributed by atoms with Gasteiger partial charge in [0.15, 0.2) is 6.61 Å². The second kappa shape index (κ2) is 7.06. The maximum Gasteiger partial charge on any atom is 0.342 e. The molecule has 24 heavy (non-hydrogen) atoms. The molecule has 0 aliphatic rings. The first kappa shape index (κ1) is 16.7. The van der Waals surface area contributed by atoms with Gasteiger partial charge in [-0.25, -0.2) is 4.79 Å². The summed E-state index contributed by atoms with van der Waals surface area (Å²) in [5.41, 5.74) is -0.0551. The number of rotatable bonds is 5. The van der Waals surface area contributed by atoms with E-state index in [1.807, 2.05) is 0 Å². The van der Waals surface area contributed by atoms with Crippen LogP contribution in [0.3, 0.4) is 0 Å². The quantitative estimate of drug-likeness (QED) is 0.504. The molecule has 0 fully saturated rings. The first-order valence-electron chi connectivity index (χ1n) is 6.62. The van der Waals surface area contributed by atoms with Gasteiger partial charge in [-0.15, -0.1) is 0 Å². The molecule has 1 heterocycles. The van der Waals surface area contributed by atoms with Crippen molar-refractivity contribution in [1.82, 2.24) is 0 Å². The minimum Gasteiger partial charge on any atom is -0.469 e. The summed E-state index contributed by atoms with van der Waals surface area (Å²) in [6, 6.07) is 6.59. The topological polar surface area (TPSA) is 135 Å². The van der Waals surface area contributed by atoms with Crippen LogP contribution >= 0.6 is 0 Å². The van der Waals surface area contributed by atoms with Crippen molar-refractivity contribution in [3.8, 4) is 6.07 Å². The van der Waals surface area contributed by atoms with Crippen molar-refractivity contribution in [3.05, 3.63) is 57.5 Å². The number of non-ortho nitro benzene ring substituents is 1. The van der Waals surface area contributed by atoms with Crippen molar-refractivity contribution < 1.29 is 23.7 Å². The molecular weight excluding hydrogens is 318 g/mol. The number of hydrogen-bond donors (Lipinski definition) is 1. The molecule has 0 bridgehead atoms. The molecule has 0 spiro atoms. The molecule has 0 radical (unpaired) electrons. The molecule has 9 heteroatoms. The van der Waals surface area contributed by atoms with E-state index in [4.69, 9.17) is 14.4 Å². The van der Waals surface area contributed by atoms with Gasteiger partial charge in [-0.2, -0.15) is 5.26 Å². The van der Waals surface area contributed by atoms with E-state index in [2.05, 4.69) is 5.32 Å². The number of aryl methyl sites for hydroxylation is 1. The highest BCUT2D eigenvalue weighted by Gasteiger charge is 2.16. The highest BCUT2D eigenvalue weighted by atomic mass is 16.6. The van der Waals surface area contributed by atoms with Crippen LogP contribution in [0, 0.1) is 28.4 Å². The van der Waals surface area contributed by atoms with Crippen molar-refractivity contribution >= 4 is 23.3 Å². The van der Waals surface area contributed by atoms with Gasteiger partial charge < -0.3 is 14.5 Å². The molecule has 1 amide bonds. The van der Waals surface area contributed by atoms with Gasteiger partial charge in [0.2, 0.25) is 0 Å². The fourth-order valence-corrected chi connectivity index (χ4v) is 1.84. The van der Waals surface area contributed by atoms with Crippen LogP contribution in [0.1, 0.15) is 21.7 Å². The van der Waals surface area contributed by atoms with Crippen molar-refractivity contribution in [2.75, 3.05) is 11.9 Å². The Bertz CT molecular complexity index is 849. The molecule has 0 aliphatic heterocycles. The summed E-state index contributed by atoms with van der Waals surface area (Å²) in [6.45, 7) is 0.998. The lowest BCUT2D eigenvalue weighted by Gasteiger charge is -2.07. The molecule has 122 valence electrons. The number of nitro groups is 1. The molecule has 0 saturated carbocycles. The van der Waals surface area contributed by atoms with Crippen LogP contribution in [0.5, 0.6) is 0 Å². The zero-order chi connectivity index (χ0) is 17.7. The second-order valence-corrected chi connectivity index (χ2v) is 4.61. The molecule has 0 atom stereocenters. The summed E-state index contributed by atoms with van der Waals surface area (Å²) in [7, 11) is 0. The maximum absolute atomic E-state index is 11.8. The Morgan fingerprint density at radius 1 is 1.42 bits per heavy atom. The molecule has 0 saturated heterocycles. The average Bonchev–Trinajstić information content (AvgIpc) is 2.99. The largest absolute Gasteiger partial charge is 0.469 e. The van der Waals surface area contributed by atoms with E-state index in [1.54, 1.807) is 13.0 Å². The van der Waals surface area contributed by atoms with Crippen molar-refractivity contribution in [1.29, 1.82) is 5.26 Å². The lowest BCUT2D eigenvalue weighted by Crippen LogP contribution is -2.21. The van der Waals surface area contributed by atoms with Gasteiger partial charge in [0.25, 0.3) is 11.6 Å². The van der Waals surface area contributed by atoms with E-state index in [-0.39, 0.29) is 22.5 Å². The van der Waals surface area contributed by atoms with E-state index in [0.717, 1.165) is 12.1 Å². The number of anilines is 1. The van der Waals surface area contributed by atoms with Gasteiger partial charge in [-0.05, 0) is 19.1 Å². The molecule has 1 N–H and O–H groups in total. The molecule has 9 nitrogen and oxygen atoms in total. The Morgan fingerprint density at radius 3 is 2.75 bits per heavy atom. The number of hydrogen-bond acceptors (Lipinski definition) is 7. The number of ether oxygens (including phenoxy) is 1. The zero-order valence-electron chi connectivity index (χ0n) is 12.4. The highest BCUT2D eigenvalue weighted by Crippen LogP contribution is 2.21. The molecule has 1 aromatic heterocycles. The molecule has 0 unspecified atom stereocenters. The Kier molecular flexibility index (Phi) is 4.91. The Labute approximate surface area is 135 Å². The Hall–Kier alpha value is -3.67. The van der Waals surface area contributed by atoms with Crippen LogP contribution in [-0.4, -0.2) is 23.4 Å². The number of esters is 1. The number of carbonyl (C=O) groups excluding carboxylic acids is 2. The first-order chi connectivity index (χ1) is 11.4. The lowest BCUT2D eigenvalue weighted by atomic mass is 10.1. The SMILES string of the molecule is Cc1occc1C(=O)OCC(=O)Nc1ccc([N+](=O)[O-])cc1C#N. The van der Waals surface area contributed by atoms with Crippen molar-refractivity contribution in [2.45, 2.75) is 6.92 Å². The Balaban J connectivity index is 2.00. The van der Waals surface area contributed by atoms with E-state index in [0.29, 0.717) is 5.76 Å². The summed E-state index contributed by atoms with van der Waals surface area (Å²) in [5, 5.41) is 22.0. The summed E-state index contributed by atoms with van der Waals surface area (Å²) in [5.74, 6) is -1.04. The van der Waals surface area contributed by atoms with E-state index in [1.165, 1.54) is 18.4 Å². The van der Waals surface area contributed by atoms with Gasteiger partial charge in [0, 0.05) is 12.1 Å². The monoisotopic (exact) mass is 329 g/mol. The van der Waals surface area contributed by atoms with Crippen LogP contribution < -0.4 is 5.32 Å². The van der Waals surface area contributed by atoms with Gasteiger partial charge in [-0.3, -0.25) is 14.9 Å². The summed E-state index contributed by atoms with van der Waals surface area (Å²) in [6.07, 6.45) is 1.32. The van der Waals surface area contributed by atoms with Gasteiger partial charge in [0.1, 0.15) is 17.4 Å². The van der Waals surface area contributed by atoms with Gasteiger partial charge in [0.05, 0.1) is 22.4 Å². The van der Waals surface area contributed by atoms with Crippen molar-refractivity contribution in [2.24, 2.45) is 0 Å². The molecule has 2 aromatic rings. The number of amides is 1. The number of benzene rings is 1. The predicted octanol–water partition coefficient (Wildman–Crippen LogP) is 2.16. The normalized spacial score (nSPS) is 9.83. The number of furan rings is 1. The minimum absolute atomic E-state index is 0.0745. The summed E-state index contributed by atoms with van der Waals surface area (Å²) in [4.78, 5) is 33.6. The zero-order valence-corrected chi connectivity index (χ0v) is 12.4. The standard InChI is InChI=1S/C15H11N3O6/c1-9-12(4-5-23-9)15(20)24-8-14(19)17-13-3-2-11(18(21)22)6-10(13)7-16/h2-6H,8H2,1H3,(H,17,19). The maximum atomic E-state index is 11.8. The Morgan fingerprint density at radius 2 is 2.17 bits per heavy atom. The molecule has 2 rings (SSSR count). The summed E-state index contributed by atoms with van der Waals surface area (Å²) < 4.78 is 9.79. The number of nitro benzene ring substituents is 1. The van der Waals surface area contributed by atoms with Crippen LogP contribution in [-0.2, 0) is 9.53 Å². The average molecular weight is 329 g/mol. The lowest BCUT2D eigenvalue weighted by molar-refractivity contribution is -0.384. The molecule has 1 aromatic carbocycles. The first-order valence-corrected chi connectivity index (χ1v) is 6.62. The highest BCUT2D eigenvalue weighted by molar-refractivity contribution is 5.96.